The largest absolute Gasteiger partial charge is 0.377 e. The summed E-state index contributed by atoms with van der Waals surface area (Å²) in [4.78, 5) is 0. The van der Waals surface area contributed by atoms with Gasteiger partial charge in [0.15, 0.2) is 11.2 Å². The fourth-order valence-electron chi connectivity index (χ4n) is 6.10. The predicted octanol–water partition coefficient (Wildman–Crippen LogP) is 6.63. The van der Waals surface area contributed by atoms with Gasteiger partial charge in [-0.1, -0.05) is 121 Å². The lowest BCUT2D eigenvalue weighted by Crippen LogP contribution is -2.48. The van der Waals surface area contributed by atoms with Crippen LogP contribution in [0.3, 0.4) is 0 Å². The van der Waals surface area contributed by atoms with Gasteiger partial charge in [-0.3, -0.25) is 0 Å². The molecule has 34 heavy (non-hydrogen) atoms. The number of rotatable bonds is 2. The number of fused-ring (bicyclic) bond motifs is 2. The summed E-state index contributed by atoms with van der Waals surface area (Å²) in [7, 11) is 0. The molecule has 0 amide bonds. The molecule has 2 heteroatoms. The highest BCUT2D eigenvalue weighted by Crippen LogP contribution is 2.59. The Morgan fingerprint density at radius 2 is 0.706 bits per heavy atom. The summed E-state index contributed by atoms with van der Waals surface area (Å²) < 4.78 is 0. The zero-order chi connectivity index (χ0) is 22.9. The smallest absolute Gasteiger partial charge is 0.153 e. The fourth-order valence-corrected chi connectivity index (χ4v) is 6.10. The van der Waals surface area contributed by atoms with Crippen LogP contribution < -0.4 is 0 Å². The molecular weight excluding hydrogens is 416 g/mol. The van der Waals surface area contributed by atoms with E-state index in [0.717, 1.165) is 43.4 Å². The molecule has 6 aromatic carbocycles. The average molecular weight is 439 g/mol. The summed E-state index contributed by atoms with van der Waals surface area (Å²) >= 11 is 0. The van der Waals surface area contributed by atoms with E-state index in [4.69, 9.17) is 0 Å². The molecule has 6 aromatic rings. The summed E-state index contributed by atoms with van der Waals surface area (Å²) in [6.07, 6.45) is 0. The highest BCUT2D eigenvalue weighted by molar-refractivity contribution is 5.99. The molecule has 0 aromatic heterocycles. The van der Waals surface area contributed by atoms with Gasteiger partial charge in [-0.2, -0.15) is 0 Å². The van der Waals surface area contributed by atoms with Crippen LogP contribution in [0.2, 0.25) is 0 Å². The van der Waals surface area contributed by atoms with Crippen molar-refractivity contribution < 1.29 is 10.2 Å². The number of hydrogen-bond donors (Lipinski definition) is 2. The van der Waals surface area contributed by atoms with Gasteiger partial charge < -0.3 is 10.2 Å². The van der Waals surface area contributed by atoms with Crippen LogP contribution in [-0.2, 0) is 11.2 Å². The predicted molar refractivity (Wildman–Crippen MR) is 138 cm³/mol. The average Bonchev–Trinajstić information content (AvgIpc) is 3.10. The lowest BCUT2D eigenvalue weighted by molar-refractivity contribution is -0.103. The Morgan fingerprint density at radius 1 is 0.353 bits per heavy atom. The van der Waals surface area contributed by atoms with E-state index in [2.05, 4.69) is 0 Å². The van der Waals surface area contributed by atoms with Crippen molar-refractivity contribution in [1.82, 2.24) is 0 Å². The van der Waals surface area contributed by atoms with E-state index in [-0.39, 0.29) is 0 Å². The molecule has 0 bridgehead atoms. The molecule has 0 fully saturated rings. The maximum Gasteiger partial charge on any atom is 0.153 e. The van der Waals surface area contributed by atoms with E-state index >= 15 is 0 Å². The molecule has 0 spiro atoms. The zero-order valence-corrected chi connectivity index (χ0v) is 18.4. The molecule has 162 valence electrons. The highest BCUT2D eigenvalue weighted by atomic mass is 16.4. The summed E-state index contributed by atoms with van der Waals surface area (Å²) in [6, 6.07) is 39.9. The normalized spacial score (nSPS) is 21.5. The Bertz CT molecular complexity index is 1620. The van der Waals surface area contributed by atoms with Crippen LogP contribution in [0.25, 0.3) is 32.3 Å². The summed E-state index contributed by atoms with van der Waals surface area (Å²) in [6.45, 7) is 0. The van der Waals surface area contributed by atoms with E-state index in [9.17, 15) is 10.2 Å². The van der Waals surface area contributed by atoms with Crippen molar-refractivity contribution in [2.45, 2.75) is 11.2 Å². The van der Waals surface area contributed by atoms with Crippen LogP contribution in [0.1, 0.15) is 22.3 Å². The monoisotopic (exact) mass is 438 g/mol. The number of benzene rings is 6. The van der Waals surface area contributed by atoms with Crippen molar-refractivity contribution in [3.8, 4) is 0 Å². The van der Waals surface area contributed by atoms with E-state index in [1.165, 1.54) is 0 Å². The molecule has 2 unspecified atom stereocenters. The Balaban J connectivity index is 1.69. The maximum absolute atomic E-state index is 13.0. The summed E-state index contributed by atoms with van der Waals surface area (Å²) in [5.41, 5.74) is -0.531. The van der Waals surface area contributed by atoms with Gasteiger partial charge in [0.2, 0.25) is 0 Å². The third-order valence-electron chi connectivity index (χ3n) is 7.57. The van der Waals surface area contributed by atoms with E-state index in [1.54, 1.807) is 0 Å². The molecule has 1 aliphatic rings. The molecule has 0 radical (unpaired) electrons. The van der Waals surface area contributed by atoms with E-state index in [0.29, 0.717) is 11.1 Å². The molecule has 0 heterocycles. The lowest BCUT2D eigenvalue weighted by atomic mass is 9.69. The zero-order valence-electron chi connectivity index (χ0n) is 18.4. The van der Waals surface area contributed by atoms with E-state index < -0.39 is 11.2 Å². The minimum atomic E-state index is -1.69. The molecule has 1 aliphatic carbocycles. The first-order valence-electron chi connectivity index (χ1n) is 11.6. The van der Waals surface area contributed by atoms with Gasteiger partial charge in [0.1, 0.15) is 0 Å². The van der Waals surface area contributed by atoms with Crippen LogP contribution in [-0.4, -0.2) is 10.2 Å². The van der Waals surface area contributed by atoms with Crippen LogP contribution in [0.15, 0.2) is 121 Å². The second-order valence-corrected chi connectivity index (χ2v) is 9.18. The molecule has 7 rings (SSSR count). The molecule has 2 nitrogen and oxygen atoms in total. The SMILES string of the molecule is OC1(c2cccc3ccccc23)c2cccc3cccc(c23)C1(O)c1cccc2ccccc12. The van der Waals surface area contributed by atoms with Gasteiger partial charge >= 0.3 is 0 Å². The molecule has 2 N–H and O–H groups in total. The maximum atomic E-state index is 13.0. The Kier molecular flexibility index (Phi) is 3.88. The molecule has 0 aliphatic heterocycles. The van der Waals surface area contributed by atoms with Crippen LogP contribution in [0, 0.1) is 0 Å². The number of hydrogen-bond acceptors (Lipinski definition) is 2. The van der Waals surface area contributed by atoms with Gasteiger partial charge in [-0.25, -0.2) is 0 Å². The second-order valence-electron chi connectivity index (χ2n) is 9.18. The van der Waals surface area contributed by atoms with Gasteiger partial charge in [0, 0.05) is 0 Å². The van der Waals surface area contributed by atoms with Crippen molar-refractivity contribution in [3.05, 3.63) is 144 Å². The summed E-state index contributed by atoms with van der Waals surface area (Å²) in [5.74, 6) is 0. The first-order valence-corrected chi connectivity index (χ1v) is 11.6. The standard InChI is InChI=1S/C32H22O2/c33-31(26-17-5-11-21-9-1-3-15-24(21)26)28-19-7-13-23-14-8-20-29(30(23)28)32(31,34)27-18-6-12-22-10-2-4-16-25(22)27/h1-20,33-34H. The van der Waals surface area contributed by atoms with Crippen LogP contribution in [0.5, 0.6) is 0 Å². The van der Waals surface area contributed by atoms with Crippen LogP contribution >= 0.6 is 0 Å². The number of aliphatic hydroxyl groups is 2. The van der Waals surface area contributed by atoms with Crippen molar-refractivity contribution in [2.24, 2.45) is 0 Å². The molecule has 0 saturated heterocycles. The fraction of sp³-hybridized carbons (Fsp3) is 0.0625. The third-order valence-corrected chi connectivity index (χ3v) is 7.57. The molecule has 0 saturated carbocycles. The minimum absolute atomic E-state index is 0.699. The Labute approximate surface area is 197 Å². The molecule has 2 atom stereocenters. The van der Waals surface area contributed by atoms with Crippen molar-refractivity contribution in [3.63, 3.8) is 0 Å². The van der Waals surface area contributed by atoms with Gasteiger partial charge in [0.25, 0.3) is 0 Å². The summed E-state index contributed by atoms with van der Waals surface area (Å²) in [5, 5.41) is 31.8. The minimum Gasteiger partial charge on any atom is -0.377 e. The van der Waals surface area contributed by atoms with Gasteiger partial charge in [-0.05, 0) is 54.6 Å². The highest BCUT2D eigenvalue weighted by Gasteiger charge is 2.60. The Morgan fingerprint density at radius 3 is 1.18 bits per heavy atom. The first kappa shape index (κ1) is 19.5. The van der Waals surface area contributed by atoms with Crippen molar-refractivity contribution in [1.29, 1.82) is 0 Å². The topological polar surface area (TPSA) is 40.5 Å². The molecular formula is C32H22O2. The van der Waals surface area contributed by atoms with Gasteiger partial charge in [0.05, 0.1) is 0 Å². The van der Waals surface area contributed by atoms with Crippen LogP contribution in [0.4, 0.5) is 0 Å². The second kappa shape index (κ2) is 6.77. The van der Waals surface area contributed by atoms with Gasteiger partial charge in [-0.15, -0.1) is 0 Å². The third kappa shape index (κ3) is 2.27. The lowest BCUT2D eigenvalue weighted by Gasteiger charge is -2.41. The van der Waals surface area contributed by atoms with Crippen molar-refractivity contribution in [2.75, 3.05) is 0 Å². The van der Waals surface area contributed by atoms with E-state index in [1.807, 2.05) is 121 Å². The first-order chi connectivity index (χ1) is 16.6. The quantitative estimate of drug-likeness (QED) is 0.318. The van der Waals surface area contributed by atoms with Crippen molar-refractivity contribution >= 4 is 32.3 Å². The Hall–Kier alpha value is -3.98.